The van der Waals surface area contributed by atoms with Crippen molar-refractivity contribution < 1.29 is 4.42 Å². The number of aromatic nitrogens is 2. The number of fused-ring (bicyclic) bond motifs is 1. The molecule has 1 aromatic carbocycles. The van der Waals surface area contributed by atoms with E-state index in [4.69, 9.17) is 21.8 Å². The van der Waals surface area contributed by atoms with Gasteiger partial charge in [-0.3, -0.25) is 0 Å². The third-order valence-electron chi connectivity index (χ3n) is 2.80. The zero-order chi connectivity index (χ0) is 13.2. The number of aryl methyl sites for hydroxylation is 2. The summed E-state index contributed by atoms with van der Waals surface area (Å²) in [6.45, 7) is 0. The van der Waals surface area contributed by atoms with Gasteiger partial charge in [0.25, 0.3) is 0 Å². The highest BCUT2D eigenvalue weighted by molar-refractivity contribution is 7.13. The van der Waals surface area contributed by atoms with Gasteiger partial charge in [0.05, 0.1) is 10.7 Å². The van der Waals surface area contributed by atoms with Crippen molar-refractivity contribution in [2.24, 2.45) is 0 Å². The van der Waals surface area contributed by atoms with Crippen molar-refractivity contribution in [2.45, 2.75) is 19.3 Å². The van der Waals surface area contributed by atoms with Gasteiger partial charge < -0.3 is 10.2 Å². The summed E-state index contributed by atoms with van der Waals surface area (Å²) in [7, 11) is 0. The van der Waals surface area contributed by atoms with E-state index in [9.17, 15) is 0 Å². The van der Waals surface area contributed by atoms with E-state index >= 15 is 0 Å². The van der Waals surface area contributed by atoms with Crippen LogP contribution in [0.1, 0.15) is 18.0 Å². The summed E-state index contributed by atoms with van der Waals surface area (Å²) in [6, 6.07) is 5.57. The Kier molecular flexibility index (Phi) is 3.40. The van der Waals surface area contributed by atoms with Crippen molar-refractivity contribution in [3.63, 3.8) is 0 Å². The van der Waals surface area contributed by atoms with Crippen LogP contribution in [-0.2, 0) is 12.8 Å². The fourth-order valence-electron chi connectivity index (χ4n) is 1.93. The first kappa shape index (κ1) is 12.4. The average molecular weight is 294 g/mol. The standard InChI is InChI=1S/C13H12ClN3OS/c14-9-4-2-5-10-12(9)18-11(17-10)6-1-3-8-7-19-13(15)16-8/h2,4-5,7H,1,3,6H2,(H2,15,16). The average Bonchev–Trinajstić information content (AvgIpc) is 2.97. The lowest BCUT2D eigenvalue weighted by Gasteiger charge is -1.94. The molecule has 0 saturated heterocycles. The van der Waals surface area contributed by atoms with Gasteiger partial charge in [-0.05, 0) is 25.0 Å². The van der Waals surface area contributed by atoms with Crippen LogP contribution >= 0.6 is 22.9 Å². The monoisotopic (exact) mass is 293 g/mol. The molecule has 0 amide bonds. The molecule has 0 aliphatic rings. The molecule has 0 fully saturated rings. The predicted octanol–water partition coefficient (Wildman–Crippen LogP) is 3.70. The first-order valence-electron chi connectivity index (χ1n) is 5.96. The summed E-state index contributed by atoms with van der Waals surface area (Å²) < 4.78 is 5.66. The topological polar surface area (TPSA) is 64.9 Å². The lowest BCUT2D eigenvalue weighted by Crippen LogP contribution is -1.91. The van der Waals surface area contributed by atoms with E-state index in [0.29, 0.717) is 21.6 Å². The van der Waals surface area contributed by atoms with Crippen LogP contribution in [0.4, 0.5) is 5.13 Å². The summed E-state index contributed by atoms with van der Waals surface area (Å²) in [6.07, 6.45) is 2.57. The molecule has 6 heteroatoms. The Morgan fingerprint density at radius 3 is 2.89 bits per heavy atom. The maximum absolute atomic E-state index is 6.05. The van der Waals surface area contributed by atoms with Crippen LogP contribution in [0.2, 0.25) is 5.02 Å². The molecule has 0 bridgehead atoms. The molecule has 0 aliphatic heterocycles. The highest BCUT2D eigenvalue weighted by atomic mass is 35.5. The molecule has 2 N–H and O–H groups in total. The largest absolute Gasteiger partial charge is 0.439 e. The number of thiazole rings is 1. The van der Waals surface area contributed by atoms with Crippen LogP contribution in [0.15, 0.2) is 28.0 Å². The van der Waals surface area contributed by atoms with Crippen LogP contribution in [0.25, 0.3) is 11.1 Å². The van der Waals surface area contributed by atoms with Gasteiger partial charge in [-0.25, -0.2) is 9.97 Å². The van der Waals surface area contributed by atoms with E-state index in [0.717, 1.165) is 30.5 Å². The van der Waals surface area contributed by atoms with E-state index in [2.05, 4.69) is 9.97 Å². The number of oxazole rings is 1. The van der Waals surface area contributed by atoms with Crippen molar-refractivity contribution >= 4 is 39.2 Å². The Bertz CT molecular complexity index is 707. The fraction of sp³-hybridized carbons (Fsp3) is 0.231. The van der Waals surface area contributed by atoms with Gasteiger partial charge in [0.1, 0.15) is 5.52 Å². The third kappa shape index (κ3) is 2.72. The van der Waals surface area contributed by atoms with E-state index in [-0.39, 0.29) is 0 Å². The second-order valence-corrected chi connectivity index (χ2v) is 5.52. The van der Waals surface area contributed by atoms with Crippen LogP contribution in [0.5, 0.6) is 0 Å². The summed E-state index contributed by atoms with van der Waals surface area (Å²) in [5.41, 5.74) is 8.09. The van der Waals surface area contributed by atoms with Gasteiger partial charge in [0.2, 0.25) is 0 Å². The first-order chi connectivity index (χ1) is 9.22. The highest BCUT2D eigenvalue weighted by Gasteiger charge is 2.08. The first-order valence-corrected chi connectivity index (χ1v) is 7.22. The van der Waals surface area contributed by atoms with E-state index < -0.39 is 0 Å². The molecule has 3 rings (SSSR count). The summed E-state index contributed by atoms with van der Waals surface area (Å²) in [5, 5.41) is 3.20. The second-order valence-electron chi connectivity index (χ2n) is 4.23. The van der Waals surface area contributed by atoms with Gasteiger partial charge in [0, 0.05) is 11.8 Å². The second kappa shape index (κ2) is 5.19. The Labute approximate surface area is 119 Å². The number of hydrogen-bond donors (Lipinski definition) is 1. The van der Waals surface area contributed by atoms with Crippen molar-refractivity contribution in [1.29, 1.82) is 0 Å². The van der Waals surface area contributed by atoms with Crippen LogP contribution in [-0.4, -0.2) is 9.97 Å². The number of halogens is 1. The van der Waals surface area contributed by atoms with Gasteiger partial charge in [-0.2, -0.15) is 0 Å². The molecule has 98 valence electrons. The molecule has 4 nitrogen and oxygen atoms in total. The molecule has 0 aliphatic carbocycles. The molecule has 0 radical (unpaired) electrons. The van der Waals surface area contributed by atoms with Gasteiger partial charge in [-0.15, -0.1) is 11.3 Å². The van der Waals surface area contributed by atoms with Crippen molar-refractivity contribution in [3.05, 3.63) is 40.2 Å². The molecule has 0 atom stereocenters. The normalized spacial score (nSPS) is 11.2. The van der Waals surface area contributed by atoms with Crippen molar-refractivity contribution in [3.8, 4) is 0 Å². The van der Waals surface area contributed by atoms with Crippen LogP contribution in [0, 0.1) is 0 Å². The van der Waals surface area contributed by atoms with E-state index in [1.807, 2.05) is 17.5 Å². The van der Waals surface area contributed by atoms with Crippen molar-refractivity contribution in [1.82, 2.24) is 9.97 Å². The molecule has 2 heterocycles. The molecule has 19 heavy (non-hydrogen) atoms. The summed E-state index contributed by atoms with van der Waals surface area (Å²) in [5.74, 6) is 0.714. The number of rotatable bonds is 4. The number of para-hydroxylation sites is 1. The SMILES string of the molecule is Nc1nc(CCCc2nc3cccc(Cl)c3o2)cs1. The summed E-state index contributed by atoms with van der Waals surface area (Å²) in [4.78, 5) is 8.64. The van der Waals surface area contributed by atoms with Crippen LogP contribution in [0.3, 0.4) is 0 Å². The zero-order valence-electron chi connectivity index (χ0n) is 10.1. The van der Waals surface area contributed by atoms with E-state index in [1.54, 1.807) is 6.07 Å². The zero-order valence-corrected chi connectivity index (χ0v) is 11.7. The molecule has 0 saturated carbocycles. The lowest BCUT2D eigenvalue weighted by atomic mass is 10.2. The highest BCUT2D eigenvalue weighted by Crippen LogP contribution is 2.24. The lowest BCUT2D eigenvalue weighted by molar-refractivity contribution is 0.519. The molecular weight excluding hydrogens is 282 g/mol. The third-order valence-corrected chi connectivity index (χ3v) is 3.82. The van der Waals surface area contributed by atoms with Crippen LogP contribution < -0.4 is 5.73 Å². The minimum Gasteiger partial charge on any atom is -0.439 e. The Morgan fingerprint density at radius 1 is 1.26 bits per heavy atom. The van der Waals surface area contributed by atoms with E-state index in [1.165, 1.54) is 11.3 Å². The maximum atomic E-state index is 6.05. The Hall–Kier alpha value is -1.59. The Morgan fingerprint density at radius 2 is 2.16 bits per heavy atom. The molecule has 3 aromatic rings. The molecular formula is C13H12ClN3OS. The maximum Gasteiger partial charge on any atom is 0.195 e. The van der Waals surface area contributed by atoms with Gasteiger partial charge in [0.15, 0.2) is 16.6 Å². The fourth-order valence-corrected chi connectivity index (χ4v) is 2.73. The number of anilines is 1. The Balaban J connectivity index is 1.67. The minimum absolute atomic E-state index is 0.600. The smallest absolute Gasteiger partial charge is 0.195 e. The molecule has 2 aromatic heterocycles. The van der Waals surface area contributed by atoms with Gasteiger partial charge >= 0.3 is 0 Å². The summed E-state index contributed by atoms with van der Waals surface area (Å²) >= 11 is 7.51. The number of nitrogens with zero attached hydrogens (tertiary/aromatic N) is 2. The minimum atomic E-state index is 0.600. The molecule has 0 unspecified atom stereocenters. The van der Waals surface area contributed by atoms with Crippen molar-refractivity contribution in [2.75, 3.05) is 5.73 Å². The number of benzene rings is 1. The predicted molar refractivity (Wildman–Crippen MR) is 77.6 cm³/mol. The number of nitrogens with two attached hydrogens (primary N) is 1. The quantitative estimate of drug-likeness (QED) is 0.796. The number of nitrogen functional groups attached to an aromatic ring is 1. The van der Waals surface area contributed by atoms with Gasteiger partial charge in [-0.1, -0.05) is 17.7 Å². The molecule has 0 spiro atoms. The number of hydrogen-bond acceptors (Lipinski definition) is 5.